The fourth-order valence-electron chi connectivity index (χ4n) is 3.32. The highest BCUT2D eigenvalue weighted by atomic mass is 19.4. The molecule has 32 heavy (non-hydrogen) atoms. The number of hydrogen-bond acceptors (Lipinski definition) is 5. The Balaban J connectivity index is 1.58. The quantitative estimate of drug-likeness (QED) is 0.478. The lowest BCUT2D eigenvalue weighted by Crippen LogP contribution is -2.41. The number of carbonyl (C=O) groups excluding carboxylic acids is 2. The van der Waals surface area contributed by atoms with Crippen LogP contribution in [0.2, 0.25) is 0 Å². The third-order valence-electron chi connectivity index (χ3n) is 4.95. The molecular formula is C20H13F5N4O3. The van der Waals surface area contributed by atoms with Gasteiger partial charge in [0.1, 0.15) is 23.7 Å². The van der Waals surface area contributed by atoms with Gasteiger partial charge in [0.25, 0.3) is 5.91 Å². The fourth-order valence-corrected chi connectivity index (χ4v) is 3.32. The maximum atomic E-state index is 14.2. The van der Waals surface area contributed by atoms with Crippen molar-refractivity contribution in [1.29, 1.82) is 0 Å². The van der Waals surface area contributed by atoms with Crippen LogP contribution in [0.25, 0.3) is 11.4 Å². The van der Waals surface area contributed by atoms with E-state index in [0.29, 0.717) is 11.0 Å². The van der Waals surface area contributed by atoms with Crippen LogP contribution in [-0.4, -0.2) is 27.0 Å². The second-order valence-electron chi connectivity index (χ2n) is 7.16. The molecule has 1 aliphatic heterocycles. The van der Waals surface area contributed by atoms with Crippen molar-refractivity contribution in [1.82, 2.24) is 20.4 Å². The summed E-state index contributed by atoms with van der Waals surface area (Å²) in [6.07, 6.45) is -4.57. The SMILES string of the molecule is CC1(c2ccc(F)cc2F)NC(=O)N(Cc2nc(-c3cccc(C(F)(F)F)c3)no2)C1=O. The molecular weight excluding hydrogens is 439 g/mol. The molecule has 0 radical (unpaired) electrons. The van der Waals surface area contributed by atoms with Crippen molar-refractivity contribution in [2.45, 2.75) is 25.2 Å². The number of benzene rings is 2. The average Bonchev–Trinajstić information content (AvgIpc) is 3.27. The third kappa shape index (κ3) is 3.67. The lowest BCUT2D eigenvalue weighted by molar-refractivity contribution is -0.137. The second-order valence-corrected chi connectivity index (χ2v) is 7.16. The molecule has 166 valence electrons. The maximum Gasteiger partial charge on any atom is 0.416 e. The van der Waals surface area contributed by atoms with Gasteiger partial charge in [-0.05, 0) is 25.1 Å². The largest absolute Gasteiger partial charge is 0.416 e. The Kier molecular flexibility index (Phi) is 4.94. The average molecular weight is 452 g/mol. The van der Waals surface area contributed by atoms with Crippen LogP contribution in [-0.2, 0) is 23.1 Å². The van der Waals surface area contributed by atoms with Gasteiger partial charge in [-0.3, -0.25) is 9.69 Å². The van der Waals surface area contributed by atoms with E-state index in [1.807, 2.05) is 0 Å². The van der Waals surface area contributed by atoms with Gasteiger partial charge >= 0.3 is 12.2 Å². The number of nitrogens with zero attached hydrogens (tertiary/aromatic N) is 3. The Bertz CT molecular complexity index is 1230. The summed E-state index contributed by atoms with van der Waals surface area (Å²) < 4.78 is 71.1. The van der Waals surface area contributed by atoms with Crippen molar-refractivity contribution in [3.8, 4) is 11.4 Å². The summed E-state index contributed by atoms with van der Waals surface area (Å²) >= 11 is 0. The number of alkyl halides is 3. The van der Waals surface area contributed by atoms with Gasteiger partial charge in [0, 0.05) is 17.2 Å². The number of amides is 3. The molecule has 1 fully saturated rings. The minimum Gasteiger partial charge on any atom is -0.337 e. The predicted octanol–water partition coefficient (Wildman–Crippen LogP) is 4.00. The smallest absolute Gasteiger partial charge is 0.337 e. The van der Waals surface area contributed by atoms with Crippen LogP contribution < -0.4 is 5.32 Å². The number of urea groups is 1. The van der Waals surface area contributed by atoms with Crippen molar-refractivity contribution in [3.63, 3.8) is 0 Å². The van der Waals surface area contributed by atoms with Crippen LogP contribution in [0, 0.1) is 11.6 Å². The lowest BCUT2D eigenvalue weighted by Gasteiger charge is -2.22. The lowest BCUT2D eigenvalue weighted by atomic mass is 9.91. The van der Waals surface area contributed by atoms with Crippen LogP contribution in [0.5, 0.6) is 0 Å². The standard InChI is InChI=1S/C20H13F5N4O3/c1-19(13-6-5-12(21)8-14(13)22)17(30)29(18(31)27-19)9-15-26-16(28-32-15)10-3-2-4-11(7-10)20(23,24)25/h2-8H,9H2,1H3,(H,27,31). The summed E-state index contributed by atoms with van der Waals surface area (Å²) in [5.41, 5.74) is -2.94. The number of imide groups is 1. The van der Waals surface area contributed by atoms with Crippen LogP contribution >= 0.6 is 0 Å². The summed E-state index contributed by atoms with van der Waals surface area (Å²) in [6, 6.07) is 5.92. The number of nitrogens with one attached hydrogen (secondary N) is 1. The summed E-state index contributed by atoms with van der Waals surface area (Å²) in [6.45, 7) is 0.750. The first-order valence-corrected chi connectivity index (χ1v) is 9.09. The molecule has 4 rings (SSSR count). The zero-order valence-corrected chi connectivity index (χ0v) is 16.2. The molecule has 0 spiro atoms. The zero-order chi connectivity index (χ0) is 23.3. The van der Waals surface area contributed by atoms with Crippen molar-refractivity contribution in [3.05, 3.63) is 71.1 Å². The molecule has 2 aromatic carbocycles. The zero-order valence-electron chi connectivity index (χ0n) is 16.2. The van der Waals surface area contributed by atoms with E-state index in [0.717, 1.165) is 24.3 Å². The Hall–Kier alpha value is -3.83. The topological polar surface area (TPSA) is 88.3 Å². The molecule has 1 atom stereocenters. The minimum absolute atomic E-state index is 0.0187. The molecule has 1 N–H and O–H groups in total. The molecule has 1 aromatic heterocycles. The molecule has 2 heterocycles. The van der Waals surface area contributed by atoms with E-state index in [-0.39, 0.29) is 22.8 Å². The normalized spacial score (nSPS) is 18.9. The predicted molar refractivity (Wildman–Crippen MR) is 97.5 cm³/mol. The van der Waals surface area contributed by atoms with Crippen LogP contribution in [0.3, 0.4) is 0 Å². The third-order valence-corrected chi connectivity index (χ3v) is 4.95. The van der Waals surface area contributed by atoms with E-state index in [1.54, 1.807) is 0 Å². The number of aromatic nitrogens is 2. The van der Waals surface area contributed by atoms with Crippen LogP contribution in [0.1, 0.15) is 23.9 Å². The van der Waals surface area contributed by atoms with Gasteiger partial charge in [-0.25, -0.2) is 13.6 Å². The van der Waals surface area contributed by atoms with Gasteiger partial charge in [0.2, 0.25) is 11.7 Å². The van der Waals surface area contributed by atoms with Gasteiger partial charge in [-0.1, -0.05) is 23.4 Å². The number of hydrogen-bond donors (Lipinski definition) is 1. The number of carbonyl (C=O) groups is 2. The van der Waals surface area contributed by atoms with E-state index in [1.165, 1.54) is 19.1 Å². The highest BCUT2D eigenvalue weighted by Gasteiger charge is 2.50. The highest BCUT2D eigenvalue weighted by Crippen LogP contribution is 2.33. The molecule has 0 bridgehead atoms. The first-order chi connectivity index (χ1) is 15.0. The fraction of sp³-hybridized carbons (Fsp3) is 0.200. The van der Waals surface area contributed by atoms with E-state index in [2.05, 4.69) is 15.5 Å². The maximum absolute atomic E-state index is 14.2. The van der Waals surface area contributed by atoms with Crippen LogP contribution in [0.4, 0.5) is 26.7 Å². The highest BCUT2D eigenvalue weighted by molar-refractivity contribution is 6.07. The van der Waals surface area contributed by atoms with E-state index in [9.17, 15) is 31.5 Å². The Labute approximate surface area is 176 Å². The van der Waals surface area contributed by atoms with Gasteiger partial charge in [0.15, 0.2) is 0 Å². The van der Waals surface area contributed by atoms with Crippen molar-refractivity contribution in [2.24, 2.45) is 0 Å². The van der Waals surface area contributed by atoms with E-state index < -0.39 is 47.4 Å². The summed E-state index contributed by atoms with van der Waals surface area (Å²) in [5, 5.41) is 5.94. The van der Waals surface area contributed by atoms with Gasteiger partial charge in [-0.15, -0.1) is 0 Å². The second kappa shape index (κ2) is 7.39. The molecule has 1 saturated heterocycles. The minimum atomic E-state index is -4.57. The van der Waals surface area contributed by atoms with Gasteiger partial charge in [-0.2, -0.15) is 18.2 Å². The molecule has 0 aliphatic carbocycles. The molecule has 1 aliphatic rings. The van der Waals surface area contributed by atoms with Crippen LogP contribution in [0.15, 0.2) is 47.0 Å². The molecule has 7 nitrogen and oxygen atoms in total. The van der Waals surface area contributed by atoms with Gasteiger partial charge in [0.05, 0.1) is 5.56 Å². The Morgan fingerprint density at radius 1 is 1.12 bits per heavy atom. The molecule has 0 saturated carbocycles. The van der Waals surface area contributed by atoms with Crippen molar-refractivity contribution in [2.75, 3.05) is 0 Å². The monoisotopic (exact) mass is 452 g/mol. The summed E-state index contributed by atoms with van der Waals surface area (Å²) in [4.78, 5) is 29.9. The summed E-state index contributed by atoms with van der Waals surface area (Å²) in [7, 11) is 0. The summed E-state index contributed by atoms with van der Waals surface area (Å²) in [5.74, 6) is -3.13. The molecule has 3 amide bonds. The molecule has 12 heteroatoms. The van der Waals surface area contributed by atoms with E-state index in [4.69, 9.17) is 4.52 Å². The number of rotatable bonds is 4. The van der Waals surface area contributed by atoms with Gasteiger partial charge < -0.3 is 9.84 Å². The Morgan fingerprint density at radius 3 is 2.56 bits per heavy atom. The molecule has 3 aromatic rings. The van der Waals surface area contributed by atoms with E-state index >= 15 is 0 Å². The first kappa shape index (κ1) is 21.4. The molecule has 1 unspecified atom stereocenters. The first-order valence-electron chi connectivity index (χ1n) is 9.09. The number of halogens is 5. The Morgan fingerprint density at radius 2 is 1.88 bits per heavy atom. The van der Waals surface area contributed by atoms with Crippen molar-refractivity contribution < 1.29 is 36.1 Å². The van der Waals surface area contributed by atoms with Crippen molar-refractivity contribution >= 4 is 11.9 Å².